The Balaban J connectivity index is 1.71. The van der Waals surface area contributed by atoms with Crippen LogP contribution in [0.15, 0.2) is 0 Å². The number of aromatic nitrogens is 2. The summed E-state index contributed by atoms with van der Waals surface area (Å²) >= 11 is 0. The molecule has 1 aromatic rings. The highest BCUT2D eigenvalue weighted by Crippen LogP contribution is 2.52. The molecule has 3 heteroatoms. The molecule has 0 saturated heterocycles. The molecule has 3 atom stereocenters. The number of aryl methyl sites for hydroxylation is 1. The topological polar surface area (TPSA) is 37.8 Å². The standard InChI is InChI=1S/C17H25N3/c1-2-18-16-13-5-3-4-6-15(13)19-17(20-16)14-10-11-7-8-12(14)9-11/h11-12,14H,2-10H2,1H3,(H,18,19,20). The third kappa shape index (κ3) is 2.02. The van der Waals surface area contributed by atoms with Gasteiger partial charge in [-0.1, -0.05) is 6.42 Å². The van der Waals surface area contributed by atoms with Gasteiger partial charge in [0, 0.05) is 23.7 Å². The van der Waals surface area contributed by atoms with Crippen molar-refractivity contribution >= 4 is 5.82 Å². The highest BCUT2D eigenvalue weighted by Gasteiger charge is 2.42. The van der Waals surface area contributed by atoms with Crippen molar-refractivity contribution in [3.05, 3.63) is 17.1 Å². The third-order valence-electron chi connectivity index (χ3n) is 5.61. The minimum Gasteiger partial charge on any atom is -0.370 e. The molecule has 2 fully saturated rings. The number of hydrogen-bond acceptors (Lipinski definition) is 3. The van der Waals surface area contributed by atoms with Crippen molar-refractivity contribution in [2.45, 2.75) is 64.2 Å². The third-order valence-corrected chi connectivity index (χ3v) is 5.61. The van der Waals surface area contributed by atoms with Crippen molar-refractivity contribution in [2.75, 3.05) is 11.9 Å². The fourth-order valence-electron chi connectivity index (χ4n) is 4.65. The van der Waals surface area contributed by atoms with Gasteiger partial charge >= 0.3 is 0 Å². The minimum absolute atomic E-state index is 0.651. The van der Waals surface area contributed by atoms with Crippen LogP contribution in [-0.4, -0.2) is 16.5 Å². The average Bonchev–Trinajstić information content (AvgIpc) is 3.10. The van der Waals surface area contributed by atoms with Crippen LogP contribution in [0.4, 0.5) is 5.82 Å². The van der Waals surface area contributed by atoms with Crippen molar-refractivity contribution < 1.29 is 0 Å². The van der Waals surface area contributed by atoms with Gasteiger partial charge in [-0.05, 0) is 63.7 Å². The molecular weight excluding hydrogens is 246 g/mol. The van der Waals surface area contributed by atoms with Gasteiger partial charge < -0.3 is 5.32 Å². The molecule has 1 heterocycles. The molecule has 0 radical (unpaired) electrons. The van der Waals surface area contributed by atoms with E-state index >= 15 is 0 Å². The first-order valence-electron chi connectivity index (χ1n) is 8.48. The predicted molar refractivity (Wildman–Crippen MR) is 81.0 cm³/mol. The van der Waals surface area contributed by atoms with Crippen molar-refractivity contribution in [2.24, 2.45) is 11.8 Å². The summed E-state index contributed by atoms with van der Waals surface area (Å²) in [5.41, 5.74) is 2.75. The molecule has 3 nitrogen and oxygen atoms in total. The van der Waals surface area contributed by atoms with Gasteiger partial charge in [0.25, 0.3) is 0 Å². The Labute approximate surface area is 121 Å². The van der Waals surface area contributed by atoms with Crippen LogP contribution < -0.4 is 5.32 Å². The molecule has 1 N–H and O–H groups in total. The zero-order valence-corrected chi connectivity index (χ0v) is 12.5. The van der Waals surface area contributed by atoms with E-state index in [2.05, 4.69) is 12.2 Å². The van der Waals surface area contributed by atoms with E-state index in [1.165, 1.54) is 49.8 Å². The van der Waals surface area contributed by atoms with E-state index in [0.29, 0.717) is 5.92 Å². The molecular formula is C17H25N3. The van der Waals surface area contributed by atoms with Crippen LogP contribution >= 0.6 is 0 Å². The van der Waals surface area contributed by atoms with E-state index in [4.69, 9.17) is 9.97 Å². The van der Waals surface area contributed by atoms with E-state index in [0.717, 1.165) is 42.9 Å². The molecule has 20 heavy (non-hydrogen) atoms. The Kier molecular flexibility index (Phi) is 3.16. The maximum atomic E-state index is 5.01. The second-order valence-corrected chi connectivity index (χ2v) is 6.87. The van der Waals surface area contributed by atoms with E-state index in [1.807, 2.05) is 0 Å². The first-order chi connectivity index (χ1) is 9.85. The molecule has 2 saturated carbocycles. The highest BCUT2D eigenvalue weighted by molar-refractivity contribution is 5.48. The van der Waals surface area contributed by atoms with Crippen LogP contribution in [0.5, 0.6) is 0 Å². The SMILES string of the molecule is CCNc1nc(C2CC3CCC2C3)nc2c1CCCC2. The summed E-state index contributed by atoms with van der Waals surface area (Å²) in [6.45, 7) is 3.12. The van der Waals surface area contributed by atoms with Gasteiger partial charge in [0.15, 0.2) is 0 Å². The van der Waals surface area contributed by atoms with Crippen molar-refractivity contribution in [3.63, 3.8) is 0 Å². The fraction of sp³-hybridized carbons (Fsp3) is 0.765. The lowest BCUT2D eigenvalue weighted by molar-refractivity contribution is 0.403. The minimum atomic E-state index is 0.651. The number of hydrogen-bond donors (Lipinski definition) is 1. The summed E-state index contributed by atoms with van der Waals surface area (Å²) in [4.78, 5) is 9.96. The molecule has 2 bridgehead atoms. The first kappa shape index (κ1) is 12.6. The Morgan fingerprint density at radius 1 is 1.10 bits per heavy atom. The summed E-state index contributed by atoms with van der Waals surface area (Å²) in [6, 6.07) is 0. The second-order valence-electron chi connectivity index (χ2n) is 6.87. The normalized spacial score (nSPS) is 31.4. The van der Waals surface area contributed by atoms with Crippen LogP contribution in [0.25, 0.3) is 0 Å². The molecule has 0 amide bonds. The zero-order chi connectivity index (χ0) is 13.5. The van der Waals surface area contributed by atoms with Crippen molar-refractivity contribution in [1.29, 1.82) is 0 Å². The smallest absolute Gasteiger partial charge is 0.134 e. The quantitative estimate of drug-likeness (QED) is 0.911. The van der Waals surface area contributed by atoms with Crippen LogP contribution in [0, 0.1) is 11.8 Å². The summed E-state index contributed by atoms with van der Waals surface area (Å²) in [7, 11) is 0. The number of rotatable bonds is 3. The van der Waals surface area contributed by atoms with Crippen LogP contribution in [0.3, 0.4) is 0 Å². The molecule has 3 aliphatic rings. The second kappa shape index (κ2) is 5.01. The van der Waals surface area contributed by atoms with Crippen molar-refractivity contribution in [1.82, 2.24) is 9.97 Å². The highest BCUT2D eigenvalue weighted by atomic mass is 15.0. The largest absolute Gasteiger partial charge is 0.370 e. The first-order valence-corrected chi connectivity index (χ1v) is 8.48. The van der Waals surface area contributed by atoms with Crippen molar-refractivity contribution in [3.8, 4) is 0 Å². The average molecular weight is 271 g/mol. The van der Waals surface area contributed by atoms with Gasteiger partial charge in [-0.3, -0.25) is 0 Å². The number of anilines is 1. The van der Waals surface area contributed by atoms with Gasteiger partial charge in [0.2, 0.25) is 0 Å². The van der Waals surface area contributed by atoms with E-state index in [-0.39, 0.29) is 0 Å². The molecule has 0 aliphatic heterocycles. The summed E-state index contributed by atoms with van der Waals surface area (Å²) < 4.78 is 0. The Morgan fingerprint density at radius 2 is 2.00 bits per heavy atom. The molecule has 3 aliphatic carbocycles. The predicted octanol–water partition coefficient (Wildman–Crippen LogP) is 3.69. The Bertz CT molecular complexity index is 511. The van der Waals surface area contributed by atoms with Crippen LogP contribution in [0.1, 0.15) is 68.4 Å². The van der Waals surface area contributed by atoms with Gasteiger partial charge in [-0.2, -0.15) is 0 Å². The molecule has 4 rings (SSSR count). The monoisotopic (exact) mass is 271 g/mol. The Hall–Kier alpha value is -1.12. The molecule has 0 spiro atoms. The lowest BCUT2D eigenvalue weighted by Crippen LogP contribution is -2.18. The van der Waals surface area contributed by atoms with Gasteiger partial charge in [-0.25, -0.2) is 9.97 Å². The number of nitrogens with one attached hydrogen (secondary N) is 1. The molecule has 108 valence electrons. The fourth-order valence-corrected chi connectivity index (χ4v) is 4.65. The van der Waals surface area contributed by atoms with Crippen LogP contribution in [0.2, 0.25) is 0 Å². The maximum absolute atomic E-state index is 5.01. The maximum Gasteiger partial charge on any atom is 0.134 e. The number of nitrogens with zero attached hydrogens (tertiary/aromatic N) is 2. The van der Waals surface area contributed by atoms with Crippen LogP contribution in [-0.2, 0) is 12.8 Å². The van der Waals surface area contributed by atoms with Gasteiger partial charge in [0.05, 0.1) is 0 Å². The molecule has 3 unspecified atom stereocenters. The van der Waals surface area contributed by atoms with Gasteiger partial charge in [0.1, 0.15) is 11.6 Å². The van der Waals surface area contributed by atoms with E-state index in [1.54, 1.807) is 0 Å². The summed E-state index contributed by atoms with van der Waals surface area (Å²) in [5, 5.41) is 3.49. The lowest BCUT2D eigenvalue weighted by Gasteiger charge is -2.24. The molecule has 0 aromatic carbocycles. The van der Waals surface area contributed by atoms with E-state index in [9.17, 15) is 0 Å². The van der Waals surface area contributed by atoms with Gasteiger partial charge in [-0.15, -0.1) is 0 Å². The van der Waals surface area contributed by atoms with E-state index < -0.39 is 0 Å². The number of fused-ring (bicyclic) bond motifs is 3. The summed E-state index contributed by atoms with van der Waals surface area (Å²) in [5.74, 6) is 4.80. The molecule has 1 aromatic heterocycles. The lowest BCUT2D eigenvalue weighted by atomic mass is 9.87. The zero-order valence-electron chi connectivity index (χ0n) is 12.5. The Morgan fingerprint density at radius 3 is 2.75 bits per heavy atom. The summed E-state index contributed by atoms with van der Waals surface area (Å²) in [6.07, 6.45) is 10.5.